The summed E-state index contributed by atoms with van der Waals surface area (Å²) in [6, 6.07) is 5.81. The maximum Gasteiger partial charge on any atom is 0.319 e. The molecule has 3 N–H and O–H groups in total. The van der Waals surface area contributed by atoms with Gasteiger partial charge in [0, 0.05) is 41.7 Å². The summed E-state index contributed by atoms with van der Waals surface area (Å²) in [5, 5.41) is 4.58. The summed E-state index contributed by atoms with van der Waals surface area (Å²) in [5.41, 5.74) is 8.12. The van der Waals surface area contributed by atoms with E-state index in [0.717, 1.165) is 75.4 Å². The van der Waals surface area contributed by atoms with Crippen molar-refractivity contribution in [1.82, 2.24) is 25.2 Å². The molecule has 0 amide bonds. The Hall–Kier alpha value is -3.15. The first-order valence-corrected chi connectivity index (χ1v) is 16.0. The van der Waals surface area contributed by atoms with Crippen molar-refractivity contribution in [3.63, 3.8) is 0 Å². The predicted molar refractivity (Wildman–Crippen MR) is 162 cm³/mol. The van der Waals surface area contributed by atoms with Crippen molar-refractivity contribution in [2.24, 2.45) is 0 Å². The number of halogens is 2. The number of ether oxygens (including phenoxy) is 1. The van der Waals surface area contributed by atoms with Crippen molar-refractivity contribution >= 4 is 43.4 Å². The Labute approximate surface area is 247 Å². The van der Waals surface area contributed by atoms with Gasteiger partial charge in [0.15, 0.2) is 10.9 Å². The minimum Gasteiger partial charge on any atom is -0.461 e. The van der Waals surface area contributed by atoms with E-state index in [4.69, 9.17) is 20.4 Å². The number of nitrogens with two attached hydrogens (primary N) is 1. The van der Waals surface area contributed by atoms with Gasteiger partial charge in [-0.25, -0.2) is 13.8 Å². The second kappa shape index (κ2) is 9.96. The van der Waals surface area contributed by atoms with Gasteiger partial charge in [0.2, 0.25) is 0 Å². The van der Waals surface area contributed by atoms with Crippen LogP contribution in [0.25, 0.3) is 32.2 Å². The lowest BCUT2D eigenvalue weighted by atomic mass is 9.95. The molecule has 3 aliphatic heterocycles. The minimum absolute atomic E-state index is 0.0192. The molecule has 2 aromatic heterocycles. The Bertz CT molecular complexity index is 1700. The molecule has 8 nitrogen and oxygen atoms in total. The number of piperazine rings is 1. The van der Waals surface area contributed by atoms with Gasteiger partial charge < -0.3 is 20.7 Å². The topological polar surface area (TPSA) is 92.4 Å². The summed E-state index contributed by atoms with van der Waals surface area (Å²) in [6.07, 6.45) is 7.88. The van der Waals surface area contributed by atoms with E-state index in [1.165, 1.54) is 18.9 Å². The number of nitrogens with zero attached hydrogens (tertiary/aromatic N) is 5. The standard InChI is InChI=1S/C31H35F2N7OS/c1-17-15-19-25(24(33)23(17)18-7-8-20(32)27-26(18)36-29(34)42-27)37-30(41-16-31-9-3-12-39(31)13-4-10-31)38-28(19)40-14-11-35-21-5-2-6-22(21)40/h7-8,15,21-22,35H,2-6,9-14,16H2,1H3,(H2,34,36). The number of thiazole rings is 1. The second-order valence-corrected chi connectivity index (χ2v) is 13.4. The molecular formula is C31H35F2N7OS. The van der Waals surface area contributed by atoms with Gasteiger partial charge in [-0.3, -0.25) is 4.90 Å². The van der Waals surface area contributed by atoms with Crippen LogP contribution in [0.15, 0.2) is 18.2 Å². The zero-order valence-corrected chi connectivity index (χ0v) is 24.6. The van der Waals surface area contributed by atoms with Crippen LogP contribution in [0.5, 0.6) is 6.01 Å². The van der Waals surface area contributed by atoms with E-state index in [1.807, 2.05) is 13.0 Å². The van der Waals surface area contributed by atoms with Gasteiger partial charge >= 0.3 is 6.01 Å². The minimum atomic E-state index is -0.474. The lowest BCUT2D eigenvalue weighted by Crippen LogP contribution is -2.55. The molecule has 8 rings (SSSR count). The van der Waals surface area contributed by atoms with Crippen molar-refractivity contribution in [2.75, 3.05) is 43.4 Å². The Balaban J connectivity index is 1.29. The van der Waals surface area contributed by atoms with E-state index < -0.39 is 11.6 Å². The number of hydrogen-bond donors (Lipinski definition) is 2. The van der Waals surface area contributed by atoms with Crippen LogP contribution in [-0.4, -0.2) is 70.3 Å². The van der Waals surface area contributed by atoms with Crippen LogP contribution in [-0.2, 0) is 0 Å². The first-order chi connectivity index (χ1) is 20.4. The average Bonchev–Trinajstić information content (AvgIpc) is 3.76. The van der Waals surface area contributed by atoms with Crippen molar-refractivity contribution in [3.8, 4) is 17.1 Å². The molecule has 1 saturated carbocycles. The molecular weight excluding hydrogens is 556 g/mol. The van der Waals surface area contributed by atoms with Gasteiger partial charge in [-0.05, 0) is 88.7 Å². The smallest absolute Gasteiger partial charge is 0.319 e. The molecule has 4 aromatic rings. The van der Waals surface area contributed by atoms with Crippen LogP contribution in [0, 0.1) is 18.6 Å². The van der Waals surface area contributed by atoms with Crippen LogP contribution in [0.2, 0.25) is 0 Å². The molecule has 2 aromatic carbocycles. The summed E-state index contributed by atoms with van der Waals surface area (Å²) in [4.78, 5) is 19.0. The maximum atomic E-state index is 16.9. The Morgan fingerprint density at radius 1 is 1.07 bits per heavy atom. The van der Waals surface area contributed by atoms with E-state index in [-0.39, 0.29) is 22.2 Å². The fourth-order valence-electron chi connectivity index (χ4n) is 8.14. The molecule has 42 heavy (non-hydrogen) atoms. The van der Waals surface area contributed by atoms with Crippen LogP contribution >= 0.6 is 11.3 Å². The van der Waals surface area contributed by atoms with Gasteiger partial charge in [-0.1, -0.05) is 11.3 Å². The monoisotopic (exact) mass is 591 g/mol. The molecule has 4 fully saturated rings. The Kier molecular flexibility index (Phi) is 6.28. The highest BCUT2D eigenvalue weighted by Gasteiger charge is 2.45. The predicted octanol–water partition coefficient (Wildman–Crippen LogP) is 5.41. The average molecular weight is 592 g/mol. The van der Waals surface area contributed by atoms with Crippen LogP contribution in [0.4, 0.5) is 19.7 Å². The van der Waals surface area contributed by atoms with Crippen LogP contribution in [0.3, 0.4) is 0 Å². The summed E-state index contributed by atoms with van der Waals surface area (Å²) >= 11 is 1.07. The third-order valence-corrected chi connectivity index (χ3v) is 11.0. The normalized spacial score (nSPS) is 23.6. The molecule has 0 bridgehead atoms. The summed E-state index contributed by atoms with van der Waals surface area (Å²) in [6.45, 7) is 6.20. The quantitative estimate of drug-likeness (QED) is 0.318. The molecule has 2 atom stereocenters. The fourth-order valence-corrected chi connectivity index (χ4v) is 8.90. The van der Waals surface area contributed by atoms with Crippen LogP contribution < -0.4 is 20.7 Å². The number of aromatic nitrogens is 3. The number of nitrogen functional groups attached to an aromatic ring is 1. The maximum absolute atomic E-state index is 16.9. The first-order valence-electron chi connectivity index (χ1n) is 15.2. The van der Waals surface area contributed by atoms with E-state index >= 15 is 4.39 Å². The number of rotatable bonds is 5. The first kappa shape index (κ1) is 26.5. The van der Waals surface area contributed by atoms with Crippen molar-refractivity contribution < 1.29 is 13.5 Å². The summed E-state index contributed by atoms with van der Waals surface area (Å²) < 4.78 is 38.2. The molecule has 1 aliphatic carbocycles. The lowest BCUT2D eigenvalue weighted by molar-refractivity contribution is 0.108. The number of benzene rings is 2. The highest BCUT2D eigenvalue weighted by atomic mass is 32.1. The molecule has 220 valence electrons. The van der Waals surface area contributed by atoms with E-state index in [9.17, 15) is 4.39 Å². The van der Waals surface area contributed by atoms with Crippen LogP contribution in [0.1, 0.15) is 50.5 Å². The molecule has 2 unspecified atom stereocenters. The van der Waals surface area contributed by atoms with Crippen molar-refractivity contribution in [2.45, 2.75) is 69.5 Å². The number of anilines is 2. The molecule has 3 saturated heterocycles. The third kappa shape index (κ3) is 4.07. The Morgan fingerprint density at radius 3 is 2.74 bits per heavy atom. The molecule has 0 spiro atoms. The van der Waals surface area contributed by atoms with Crippen molar-refractivity contribution in [3.05, 3.63) is 35.4 Å². The highest BCUT2D eigenvalue weighted by molar-refractivity contribution is 7.22. The number of nitrogens with one attached hydrogen (secondary N) is 1. The molecule has 4 aliphatic rings. The molecule has 5 heterocycles. The molecule has 0 radical (unpaired) electrons. The zero-order valence-electron chi connectivity index (χ0n) is 23.8. The SMILES string of the molecule is Cc1cc2c(N3CCNC4CCCC43)nc(OCC34CCCN3CCC4)nc2c(F)c1-c1ccc(F)c2sc(N)nc12. The van der Waals surface area contributed by atoms with Gasteiger partial charge in [0.05, 0.1) is 15.8 Å². The zero-order chi connectivity index (χ0) is 28.6. The number of fused-ring (bicyclic) bond motifs is 4. The number of hydrogen-bond acceptors (Lipinski definition) is 9. The van der Waals surface area contributed by atoms with Crippen molar-refractivity contribution in [1.29, 1.82) is 0 Å². The van der Waals surface area contributed by atoms with E-state index in [2.05, 4.69) is 20.1 Å². The van der Waals surface area contributed by atoms with E-state index in [1.54, 1.807) is 6.07 Å². The number of aryl methyl sites for hydroxylation is 1. The molecule has 11 heteroatoms. The largest absolute Gasteiger partial charge is 0.461 e. The van der Waals surface area contributed by atoms with Gasteiger partial charge in [0.25, 0.3) is 0 Å². The lowest BCUT2D eigenvalue weighted by Gasteiger charge is -2.40. The van der Waals surface area contributed by atoms with Gasteiger partial charge in [-0.15, -0.1) is 0 Å². The summed E-state index contributed by atoms with van der Waals surface area (Å²) in [5.74, 6) is -0.159. The summed E-state index contributed by atoms with van der Waals surface area (Å²) in [7, 11) is 0. The van der Waals surface area contributed by atoms with Gasteiger partial charge in [-0.2, -0.15) is 9.97 Å². The Morgan fingerprint density at radius 2 is 1.90 bits per heavy atom. The fraction of sp³-hybridized carbons (Fsp3) is 0.516. The highest BCUT2D eigenvalue weighted by Crippen LogP contribution is 2.43. The third-order valence-electron chi connectivity index (χ3n) is 10.1. The van der Waals surface area contributed by atoms with E-state index in [0.29, 0.717) is 51.0 Å². The second-order valence-electron chi connectivity index (χ2n) is 12.4. The van der Waals surface area contributed by atoms with Gasteiger partial charge in [0.1, 0.15) is 23.8 Å².